The first kappa shape index (κ1) is 24.2. The molecule has 1 unspecified atom stereocenters. The van der Waals surface area contributed by atoms with Crippen LogP contribution in [0.15, 0.2) is 42.5 Å². The number of unbranched alkanes of at least 4 members (excludes halogenated alkanes) is 3. The Kier molecular flexibility index (Phi) is 8.30. The molecule has 9 heteroatoms. The lowest BCUT2D eigenvalue weighted by molar-refractivity contribution is -0.143. The summed E-state index contributed by atoms with van der Waals surface area (Å²) in [6.45, 7) is 2.60. The fourth-order valence-corrected chi connectivity index (χ4v) is 3.81. The summed E-state index contributed by atoms with van der Waals surface area (Å²) in [7, 11) is -0.889. The van der Waals surface area contributed by atoms with E-state index in [4.69, 9.17) is 4.74 Å². The summed E-state index contributed by atoms with van der Waals surface area (Å²) in [5, 5.41) is 0.323. The monoisotopic (exact) mass is 450 g/mol. The molecule has 0 saturated carbocycles. The molecule has 0 bridgehead atoms. The van der Waals surface area contributed by atoms with Gasteiger partial charge in [0.25, 0.3) is 0 Å². The van der Waals surface area contributed by atoms with E-state index in [0.29, 0.717) is 35.9 Å². The lowest BCUT2D eigenvalue weighted by Crippen LogP contribution is -2.19. The van der Waals surface area contributed by atoms with Crippen molar-refractivity contribution >= 4 is 19.4 Å². The molecule has 2 rings (SSSR count). The van der Waals surface area contributed by atoms with Gasteiger partial charge in [-0.05, 0) is 44.6 Å². The van der Waals surface area contributed by atoms with E-state index in [2.05, 4.69) is 6.92 Å². The fourth-order valence-electron chi connectivity index (χ4n) is 2.82. The Balaban J connectivity index is 2.18. The Morgan fingerprint density at radius 2 is 1.43 bits per heavy atom. The zero-order valence-electron chi connectivity index (χ0n) is 16.2. The average Bonchev–Trinajstić information content (AvgIpc) is 2.67. The van der Waals surface area contributed by atoms with Gasteiger partial charge in [-0.2, -0.15) is 26.3 Å². The maximum atomic E-state index is 13.2. The third-order valence-corrected chi connectivity index (χ3v) is 5.38. The molecule has 0 aliphatic heterocycles. The number of alkyl halides is 6. The number of halogens is 6. The SMILES string of the molecule is CCCCCCOc1ccc(PC(=O)c2c(C(F)(F)F)cccc2C(F)(F)F)cc1. The van der Waals surface area contributed by atoms with Crippen LogP contribution >= 0.6 is 8.58 Å². The second-order valence-electron chi connectivity index (χ2n) is 6.61. The van der Waals surface area contributed by atoms with E-state index in [-0.39, 0.29) is 0 Å². The van der Waals surface area contributed by atoms with Gasteiger partial charge in [0.1, 0.15) is 5.75 Å². The first-order valence-electron chi connectivity index (χ1n) is 9.35. The van der Waals surface area contributed by atoms with E-state index >= 15 is 0 Å². The molecule has 2 nitrogen and oxygen atoms in total. The average molecular weight is 450 g/mol. The van der Waals surface area contributed by atoms with Gasteiger partial charge in [0.2, 0.25) is 0 Å². The summed E-state index contributed by atoms with van der Waals surface area (Å²) in [5.41, 5.74) is -5.72. The van der Waals surface area contributed by atoms with Crippen LogP contribution in [0.1, 0.15) is 54.1 Å². The summed E-state index contributed by atoms with van der Waals surface area (Å²) in [4.78, 5) is 12.5. The Bertz CT molecular complexity index is 812. The minimum Gasteiger partial charge on any atom is -0.494 e. The van der Waals surface area contributed by atoms with E-state index in [1.54, 1.807) is 12.1 Å². The molecular weight excluding hydrogens is 429 g/mol. The van der Waals surface area contributed by atoms with Crippen LogP contribution in [0.4, 0.5) is 26.3 Å². The summed E-state index contributed by atoms with van der Waals surface area (Å²) >= 11 is 0. The molecule has 164 valence electrons. The predicted octanol–water partition coefficient (Wildman–Crippen LogP) is 6.83. The summed E-state index contributed by atoms with van der Waals surface area (Å²) in [5.74, 6) is 0.527. The van der Waals surface area contributed by atoms with Crippen LogP contribution in [0.3, 0.4) is 0 Å². The van der Waals surface area contributed by atoms with Crippen LogP contribution in [0.25, 0.3) is 0 Å². The lowest BCUT2D eigenvalue weighted by Gasteiger charge is -2.17. The van der Waals surface area contributed by atoms with Crippen molar-refractivity contribution in [1.29, 1.82) is 0 Å². The molecule has 30 heavy (non-hydrogen) atoms. The molecule has 0 amide bonds. The highest BCUT2D eigenvalue weighted by Crippen LogP contribution is 2.41. The predicted molar refractivity (Wildman–Crippen MR) is 105 cm³/mol. The van der Waals surface area contributed by atoms with Gasteiger partial charge in [-0.1, -0.05) is 44.4 Å². The number of rotatable bonds is 9. The van der Waals surface area contributed by atoms with Crippen LogP contribution in [-0.2, 0) is 12.4 Å². The molecule has 2 aromatic carbocycles. The molecule has 0 aromatic heterocycles. The molecule has 0 saturated heterocycles. The first-order chi connectivity index (χ1) is 14.0. The van der Waals surface area contributed by atoms with Crippen molar-refractivity contribution in [3.63, 3.8) is 0 Å². The number of ether oxygens (including phenoxy) is 1. The minimum absolute atomic E-state index is 0.323. The summed E-state index contributed by atoms with van der Waals surface area (Å²) in [6.07, 6.45) is -6.05. The molecule has 0 fully saturated rings. The standard InChI is InChI=1S/C21H21F6O2P/c1-2-3-4-5-13-29-14-9-11-15(12-10-14)30-19(28)18-16(20(22,23)24)7-6-8-17(18)21(25,26)27/h6-12,30H,2-5,13H2,1H3. The van der Waals surface area contributed by atoms with Crippen molar-refractivity contribution in [1.82, 2.24) is 0 Å². The van der Waals surface area contributed by atoms with Crippen molar-refractivity contribution in [2.24, 2.45) is 0 Å². The third kappa shape index (κ3) is 6.73. The van der Waals surface area contributed by atoms with Crippen molar-refractivity contribution in [2.45, 2.75) is 45.0 Å². The molecule has 2 aromatic rings. The quantitative estimate of drug-likeness (QED) is 0.238. The van der Waals surface area contributed by atoms with Crippen molar-refractivity contribution in [2.75, 3.05) is 6.61 Å². The van der Waals surface area contributed by atoms with Crippen molar-refractivity contribution in [3.05, 3.63) is 59.2 Å². The van der Waals surface area contributed by atoms with Gasteiger partial charge < -0.3 is 4.74 Å². The van der Waals surface area contributed by atoms with Gasteiger partial charge >= 0.3 is 12.4 Å². The van der Waals surface area contributed by atoms with Gasteiger partial charge in [-0.25, -0.2) is 0 Å². The Morgan fingerprint density at radius 1 is 0.867 bits per heavy atom. The lowest BCUT2D eigenvalue weighted by atomic mass is 10.0. The van der Waals surface area contributed by atoms with E-state index in [0.717, 1.165) is 25.7 Å². The highest BCUT2D eigenvalue weighted by Gasteiger charge is 2.42. The fraction of sp³-hybridized carbons (Fsp3) is 0.381. The van der Waals surface area contributed by atoms with Gasteiger partial charge in [0.15, 0.2) is 5.52 Å². The minimum atomic E-state index is -5.08. The van der Waals surface area contributed by atoms with E-state index < -0.39 is 43.1 Å². The summed E-state index contributed by atoms with van der Waals surface area (Å²) < 4.78 is 84.9. The second-order valence-corrected chi connectivity index (χ2v) is 7.89. The van der Waals surface area contributed by atoms with Crippen LogP contribution in [0.5, 0.6) is 5.75 Å². The number of hydrogen-bond acceptors (Lipinski definition) is 2. The normalized spacial score (nSPS) is 12.5. The van der Waals surface area contributed by atoms with Crippen LogP contribution in [0, 0.1) is 0 Å². The summed E-state index contributed by atoms with van der Waals surface area (Å²) in [6, 6.07) is 7.68. The molecular formula is C21H21F6O2P. The second kappa shape index (κ2) is 10.3. The van der Waals surface area contributed by atoms with E-state index in [1.165, 1.54) is 12.1 Å². The van der Waals surface area contributed by atoms with E-state index in [9.17, 15) is 31.1 Å². The van der Waals surface area contributed by atoms with Gasteiger partial charge in [0, 0.05) is 5.56 Å². The van der Waals surface area contributed by atoms with Gasteiger partial charge in [0.05, 0.1) is 17.7 Å². The molecule has 0 aliphatic rings. The number of carbonyl (C=O) groups excluding carboxylic acids is 1. The maximum absolute atomic E-state index is 13.2. The number of carbonyl (C=O) groups is 1. The molecule has 0 spiro atoms. The highest BCUT2D eigenvalue weighted by molar-refractivity contribution is 7.66. The van der Waals surface area contributed by atoms with E-state index in [1.807, 2.05) is 0 Å². The van der Waals surface area contributed by atoms with Crippen molar-refractivity contribution in [3.8, 4) is 5.75 Å². The molecule has 1 atom stereocenters. The zero-order chi connectivity index (χ0) is 22.4. The smallest absolute Gasteiger partial charge is 0.417 e. The van der Waals surface area contributed by atoms with Gasteiger partial charge in [-0.15, -0.1) is 0 Å². The molecule has 0 heterocycles. The van der Waals surface area contributed by atoms with Gasteiger partial charge in [-0.3, -0.25) is 4.79 Å². The van der Waals surface area contributed by atoms with Crippen LogP contribution in [-0.4, -0.2) is 12.1 Å². The zero-order valence-corrected chi connectivity index (χ0v) is 17.2. The molecule has 0 aliphatic carbocycles. The first-order valence-corrected chi connectivity index (χ1v) is 10.4. The Morgan fingerprint density at radius 3 is 1.93 bits per heavy atom. The van der Waals surface area contributed by atoms with Crippen LogP contribution < -0.4 is 10.0 Å². The molecule has 0 radical (unpaired) electrons. The Labute approximate surface area is 172 Å². The Hall–Kier alpha value is -2.08. The largest absolute Gasteiger partial charge is 0.494 e. The topological polar surface area (TPSA) is 26.3 Å². The highest BCUT2D eigenvalue weighted by atomic mass is 31.1. The molecule has 0 N–H and O–H groups in total. The number of hydrogen-bond donors (Lipinski definition) is 0. The third-order valence-electron chi connectivity index (χ3n) is 4.28. The maximum Gasteiger partial charge on any atom is 0.417 e. The number of benzene rings is 2. The van der Waals surface area contributed by atoms with Crippen LogP contribution in [0.2, 0.25) is 0 Å². The van der Waals surface area contributed by atoms with Crippen molar-refractivity contribution < 1.29 is 35.9 Å².